The third kappa shape index (κ3) is 6.76. The molecule has 0 spiro atoms. The topological polar surface area (TPSA) is 291 Å². The van der Waals surface area contributed by atoms with E-state index in [-0.39, 0.29) is 33.3 Å². The minimum absolute atomic E-state index is 0.0255. The lowest BCUT2D eigenvalue weighted by Gasteiger charge is -2.43. The number of rotatable bonds is 13. The molecule has 1 aromatic carbocycles. The van der Waals surface area contributed by atoms with Crippen molar-refractivity contribution in [3.8, 4) is 5.75 Å². The number of amidine groups is 1. The largest absolute Gasteiger partial charge is 0.489 e. The van der Waals surface area contributed by atoms with Gasteiger partial charge in [-0.25, -0.2) is 14.1 Å². The van der Waals surface area contributed by atoms with E-state index in [9.17, 15) is 32.5 Å². The van der Waals surface area contributed by atoms with E-state index in [1.807, 2.05) is 0 Å². The first-order valence-electron chi connectivity index (χ1n) is 11.6. The maximum Gasteiger partial charge on any atom is 0.362 e. The fourth-order valence-electron chi connectivity index (χ4n) is 3.62. The Morgan fingerprint density at radius 1 is 1.24 bits per heavy atom. The van der Waals surface area contributed by atoms with Gasteiger partial charge in [-0.3, -0.25) is 19.6 Å². The molecule has 19 nitrogen and oxygen atoms in total. The van der Waals surface area contributed by atoms with Crippen LogP contribution in [0.5, 0.6) is 5.75 Å². The summed E-state index contributed by atoms with van der Waals surface area (Å²) in [7, 11) is -4.99. The lowest BCUT2D eigenvalue weighted by atomic mass is 9.98. The second-order valence-electron chi connectivity index (χ2n) is 8.41. The van der Waals surface area contributed by atoms with Gasteiger partial charge in [0.15, 0.2) is 10.8 Å². The number of aromatic nitrogens is 4. The van der Waals surface area contributed by atoms with Crippen LogP contribution in [0, 0.1) is 5.41 Å². The molecule has 1 aliphatic rings. The van der Waals surface area contributed by atoms with Crippen LogP contribution in [0.1, 0.15) is 11.3 Å². The molecule has 1 saturated heterocycles. The number of carbonyl (C=O) groups excluding carboxylic acids is 2. The number of nitrogens with two attached hydrogens (primary N) is 2. The number of β-lactam (4-membered cyclic amide) rings is 1. The Kier molecular flexibility index (Phi) is 8.63. The molecular weight excluding hydrogens is 600 g/mol. The number of carboxylic acids is 1. The summed E-state index contributed by atoms with van der Waals surface area (Å²) in [6.07, 6.45) is 0.865. The molecule has 1 fully saturated rings. The maximum absolute atomic E-state index is 13.2. The Morgan fingerprint density at radius 2 is 1.90 bits per heavy atom. The van der Waals surface area contributed by atoms with E-state index >= 15 is 0 Å². The highest BCUT2D eigenvalue weighted by atomic mass is 32.2. The highest BCUT2D eigenvalue weighted by Gasteiger charge is 2.54. The summed E-state index contributed by atoms with van der Waals surface area (Å²) in [4.78, 5) is 47.7. The van der Waals surface area contributed by atoms with Crippen LogP contribution < -0.4 is 21.5 Å². The van der Waals surface area contributed by atoms with Crippen LogP contribution >= 0.6 is 11.3 Å². The van der Waals surface area contributed by atoms with Crippen LogP contribution in [0.2, 0.25) is 0 Å². The lowest BCUT2D eigenvalue weighted by Crippen LogP contribution is -2.73. The summed E-state index contributed by atoms with van der Waals surface area (Å²) < 4.78 is 38.6. The van der Waals surface area contributed by atoms with E-state index in [0.29, 0.717) is 5.56 Å². The van der Waals surface area contributed by atoms with Gasteiger partial charge in [0.25, 0.3) is 17.9 Å². The maximum atomic E-state index is 13.2. The molecule has 3 aromatic rings. The lowest BCUT2D eigenvalue weighted by molar-refractivity contribution is -0.152. The summed E-state index contributed by atoms with van der Waals surface area (Å²) in [5.41, 5.74) is 10.8. The number of aliphatic carboxylic acids is 1. The summed E-state index contributed by atoms with van der Waals surface area (Å²) in [5, 5.41) is 31.9. The third-order valence-electron chi connectivity index (χ3n) is 5.61. The normalized spacial score (nSPS) is 17.7. The minimum atomic E-state index is -4.99. The fraction of sp³-hybridized carbons (Fsp3) is 0.238. The number of nitrogen functional groups attached to an aromatic ring is 2. The molecule has 222 valence electrons. The number of thiazole rings is 1. The van der Waals surface area contributed by atoms with Crippen LogP contribution in [0.25, 0.3) is 0 Å². The molecule has 21 heteroatoms. The van der Waals surface area contributed by atoms with Gasteiger partial charge in [0.2, 0.25) is 0 Å². The van der Waals surface area contributed by atoms with E-state index in [1.165, 1.54) is 42.0 Å². The molecule has 2 amide bonds. The van der Waals surface area contributed by atoms with Gasteiger partial charge in [0, 0.05) is 10.9 Å². The van der Waals surface area contributed by atoms with Crippen LogP contribution in [0.4, 0.5) is 5.13 Å². The third-order valence-corrected chi connectivity index (χ3v) is 7.24. The van der Waals surface area contributed by atoms with E-state index < -0.39 is 58.6 Å². The van der Waals surface area contributed by atoms with Crippen molar-refractivity contribution in [2.75, 3.05) is 12.3 Å². The van der Waals surface area contributed by atoms with Gasteiger partial charge in [0.1, 0.15) is 36.0 Å². The summed E-state index contributed by atoms with van der Waals surface area (Å²) >= 11 is 0.925. The van der Waals surface area contributed by atoms with E-state index in [2.05, 4.69) is 25.7 Å². The van der Waals surface area contributed by atoms with Crippen molar-refractivity contribution >= 4 is 56.1 Å². The number of nitrogens with zero attached hydrogens (tertiary/aromatic N) is 6. The molecule has 0 saturated carbocycles. The number of carbonyl (C=O) groups is 3. The first kappa shape index (κ1) is 29.8. The smallest absolute Gasteiger partial charge is 0.362 e. The summed E-state index contributed by atoms with van der Waals surface area (Å²) in [6.45, 7) is -0.877. The number of oxime groups is 1. The number of hydrogen-bond acceptors (Lipinski definition) is 14. The van der Waals surface area contributed by atoms with Gasteiger partial charge in [-0.05, 0) is 24.3 Å². The molecule has 0 unspecified atom stereocenters. The number of amides is 2. The summed E-state index contributed by atoms with van der Waals surface area (Å²) in [6, 6.07) is 3.08. The number of carboxylic acid groups (broad SMARTS) is 1. The Balaban J connectivity index is 1.52. The molecule has 4 rings (SSSR count). The van der Waals surface area contributed by atoms with Gasteiger partial charge >= 0.3 is 16.3 Å². The molecule has 1 aliphatic heterocycles. The predicted octanol–water partition coefficient (Wildman–Crippen LogP) is -1.95. The number of anilines is 1. The van der Waals surface area contributed by atoms with Gasteiger partial charge in [0.05, 0.1) is 18.9 Å². The van der Waals surface area contributed by atoms with Crippen molar-refractivity contribution in [3.63, 3.8) is 0 Å². The number of ether oxygens (including phenoxy) is 1. The molecule has 0 radical (unpaired) electrons. The molecular formula is C21H22N10O9S2. The second-order valence-corrected chi connectivity index (χ2v) is 10.6. The first-order chi connectivity index (χ1) is 19.8. The fourth-order valence-corrected chi connectivity index (χ4v) is 5.04. The molecule has 3 heterocycles. The zero-order valence-corrected chi connectivity index (χ0v) is 22.7. The van der Waals surface area contributed by atoms with E-state index in [0.717, 1.165) is 16.1 Å². The van der Waals surface area contributed by atoms with Crippen LogP contribution in [0.15, 0.2) is 47.2 Å². The van der Waals surface area contributed by atoms with Crippen LogP contribution in [-0.2, 0) is 36.1 Å². The average molecular weight is 623 g/mol. The van der Waals surface area contributed by atoms with Crippen molar-refractivity contribution in [2.24, 2.45) is 10.9 Å². The Morgan fingerprint density at radius 3 is 2.45 bits per heavy atom. The van der Waals surface area contributed by atoms with Crippen molar-refractivity contribution in [3.05, 3.63) is 53.3 Å². The molecule has 42 heavy (non-hydrogen) atoms. The Bertz CT molecular complexity index is 1620. The Hall–Kier alpha value is -5.15. The van der Waals surface area contributed by atoms with Crippen molar-refractivity contribution in [1.29, 1.82) is 5.41 Å². The Labute approximate surface area is 240 Å². The van der Waals surface area contributed by atoms with Gasteiger partial charge in [-0.15, -0.1) is 11.3 Å². The molecule has 8 N–H and O–H groups in total. The van der Waals surface area contributed by atoms with Gasteiger partial charge in [-0.2, -0.15) is 23.4 Å². The second kappa shape index (κ2) is 12.2. The highest BCUT2D eigenvalue weighted by molar-refractivity contribution is 7.84. The zero-order valence-electron chi connectivity index (χ0n) is 21.1. The molecule has 0 aliphatic carbocycles. The number of hydrogen-bond donors (Lipinski definition) is 6. The van der Waals surface area contributed by atoms with Crippen LogP contribution in [0.3, 0.4) is 0 Å². The SMILES string of the molecule is N=C(N)c1ccc(OC[C@H](O/N=C(\C(=O)N[C@@H]2C(=O)N(S(=O)(=O)O)[C@@H]2Cn2nccn2)c2csc(N)n2)C(=O)O)cc1. The average Bonchev–Trinajstić information content (AvgIpc) is 3.60. The van der Waals surface area contributed by atoms with Gasteiger partial charge in [-0.1, -0.05) is 5.16 Å². The summed E-state index contributed by atoms with van der Waals surface area (Å²) in [5.74, 6) is -3.70. The molecule has 0 bridgehead atoms. The van der Waals surface area contributed by atoms with E-state index in [4.69, 9.17) is 26.5 Å². The van der Waals surface area contributed by atoms with Gasteiger partial charge < -0.3 is 31.5 Å². The quantitative estimate of drug-likeness (QED) is 0.0397. The van der Waals surface area contributed by atoms with Crippen molar-refractivity contribution < 1.29 is 42.0 Å². The standard InChI is InChI=1S/C21H22N10O9S2/c22-17(23)10-1-3-11(4-2-10)39-8-14(20(34)35)40-29-15(12-9-41-21(24)27-12)18(32)28-16-13(7-30-25-5-6-26-30)31(19(16)33)42(36,37)38/h1-6,9,13-14,16H,7-8H2,(H3,22,23)(H2,24,27)(H,28,32)(H,34,35)(H,36,37,38)/b29-15-/t13-,14+,16+/m1/s1. The van der Waals surface area contributed by atoms with E-state index in [1.54, 1.807) is 0 Å². The minimum Gasteiger partial charge on any atom is -0.489 e. The van der Waals surface area contributed by atoms with Crippen molar-refractivity contribution in [1.82, 2.24) is 29.6 Å². The van der Waals surface area contributed by atoms with Crippen molar-refractivity contribution in [2.45, 2.75) is 24.7 Å². The monoisotopic (exact) mass is 622 g/mol. The predicted molar refractivity (Wildman–Crippen MR) is 143 cm³/mol. The first-order valence-corrected chi connectivity index (χ1v) is 13.8. The number of nitrogens with one attached hydrogen (secondary N) is 2. The van der Waals surface area contributed by atoms with Crippen LogP contribution in [-0.4, -0.2) is 96.5 Å². The molecule has 2 aromatic heterocycles. The number of benzene rings is 1. The highest BCUT2D eigenvalue weighted by Crippen LogP contribution is 2.25. The zero-order chi connectivity index (χ0) is 30.6. The molecule has 3 atom stereocenters.